The molecule has 0 aliphatic rings. The average Bonchev–Trinajstić information content (AvgIpc) is 2.13. The Morgan fingerprint density at radius 1 is 1.64 bits per heavy atom. The van der Waals surface area contributed by atoms with Gasteiger partial charge in [0.25, 0.3) is 5.56 Å². The summed E-state index contributed by atoms with van der Waals surface area (Å²) in [4.78, 5) is 22.5. The van der Waals surface area contributed by atoms with Crippen LogP contribution < -0.4 is 5.56 Å². The van der Waals surface area contributed by atoms with E-state index >= 15 is 0 Å². The Hall–Kier alpha value is -1.65. The quantitative estimate of drug-likeness (QED) is 0.637. The first-order valence-electron chi connectivity index (χ1n) is 4.28. The van der Waals surface area contributed by atoms with E-state index in [-0.39, 0.29) is 11.3 Å². The molecule has 0 amide bonds. The number of nitrogens with zero attached hydrogens (tertiary/aromatic N) is 2. The highest BCUT2D eigenvalue weighted by molar-refractivity contribution is 5.87. The Bertz CT molecular complexity index is 383. The van der Waals surface area contributed by atoms with Gasteiger partial charge in [-0.1, -0.05) is 0 Å². The molecule has 0 saturated carbocycles. The lowest BCUT2D eigenvalue weighted by atomic mass is 10.3. The van der Waals surface area contributed by atoms with Crippen LogP contribution in [0.15, 0.2) is 10.9 Å². The second kappa shape index (κ2) is 4.04. The first kappa shape index (κ1) is 10.4. The van der Waals surface area contributed by atoms with Gasteiger partial charge in [0.1, 0.15) is 0 Å². The van der Waals surface area contributed by atoms with Gasteiger partial charge in [-0.15, -0.1) is 0 Å². The highest BCUT2D eigenvalue weighted by Crippen LogP contribution is 1.97. The highest BCUT2D eigenvalue weighted by Gasteiger charge is 2.10. The van der Waals surface area contributed by atoms with E-state index in [0.29, 0.717) is 12.2 Å². The molecule has 0 aromatic carbocycles. The van der Waals surface area contributed by atoms with E-state index < -0.39 is 5.97 Å². The van der Waals surface area contributed by atoms with Crippen molar-refractivity contribution < 1.29 is 9.53 Å². The fourth-order valence-corrected chi connectivity index (χ4v) is 1.06. The summed E-state index contributed by atoms with van der Waals surface area (Å²) in [5.74, 6) is -0.508. The van der Waals surface area contributed by atoms with Crippen molar-refractivity contribution in [2.24, 2.45) is 7.05 Å². The molecule has 1 rings (SSSR count). The van der Waals surface area contributed by atoms with E-state index in [1.165, 1.54) is 13.1 Å². The number of ether oxygens (including phenoxy) is 1. The molecule has 76 valence electrons. The van der Waals surface area contributed by atoms with Crippen LogP contribution in [-0.2, 0) is 11.8 Å². The van der Waals surface area contributed by atoms with Crippen molar-refractivity contribution in [3.8, 4) is 0 Å². The van der Waals surface area contributed by atoms with Crippen LogP contribution in [0.3, 0.4) is 0 Å². The minimum absolute atomic E-state index is 0.159. The summed E-state index contributed by atoms with van der Waals surface area (Å²) in [6, 6.07) is 1.43. The molecular formula is C9H12N2O3. The van der Waals surface area contributed by atoms with Crippen molar-refractivity contribution in [1.82, 2.24) is 9.78 Å². The van der Waals surface area contributed by atoms with Gasteiger partial charge in [-0.05, 0) is 19.9 Å². The highest BCUT2D eigenvalue weighted by atomic mass is 16.5. The molecule has 0 spiro atoms. The second-order valence-electron chi connectivity index (χ2n) is 2.86. The molecule has 0 aliphatic heterocycles. The van der Waals surface area contributed by atoms with Gasteiger partial charge in [-0.25, -0.2) is 9.48 Å². The number of aryl methyl sites for hydroxylation is 2. The molecule has 0 N–H and O–H groups in total. The summed E-state index contributed by atoms with van der Waals surface area (Å²) < 4.78 is 5.89. The predicted octanol–water partition coefficient (Wildman–Crippen LogP) is 0.265. The fourth-order valence-electron chi connectivity index (χ4n) is 1.06. The van der Waals surface area contributed by atoms with E-state index in [0.717, 1.165) is 4.68 Å². The maximum atomic E-state index is 11.3. The fraction of sp³-hybridized carbons (Fsp3) is 0.444. The van der Waals surface area contributed by atoms with Crippen molar-refractivity contribution in [3.05, 3.63) is 27.7 Å². The van der Waals surface area contributed by atoms with E-state index in [9.17, 15) is 9.59 Å². The third-order valence-electron chi connectivity index (χ3n) is 1.73. The molecule has 5 nitrogen and oxygen atoms in total. The van der Waals surface area contributed by atoms with Gasteiger partial charge in [0.2, 0.25) is 0 Å². The average molecular weight is 196 g/mol. The third-order valence-corrected chi connectivity index (χ3v) is 1.73. The van der Waals surface area contributed by atoms with Gasteiger partial charge in [0.05, 0.1) is 6.61 Å². The van der Waals surface area contributed by atoms with Gasteiger partial charge in [-0.2, -0.15) is 5.10 Å². The lowest BCUT2D eigenvalue weighted by Gasteiger charge is -2.03. The van der Waals surface area contributed by atoms with Crippen molar-refractivity contribution in [1.29, 1.82) is 0 Å². The molecule has 0 fully saturated rings. The molecule has 0 radical (unpaired) electrons. The monoisotopic (exact) mass is 196 g/mol. The zero-order chi connectivity index (χ0) is 10.7. The van der Waals surface area contributed by atoms with Gasteiger partial charge >= 0.3 is 5.97 Å². The summed E-state index contributed by atoms with van der Waals surface area (Å²) in [6.07, 6.45) is 0. The number of hydrogen-bond acceptors (Lipinski definition) is 4. The summed E-state index contributed by atoms with van der Waals surface area (Å²) in [5, 5.41) is 3.78. The van der Waals surface area contributed by atoms with Gasteiger partial charge in [-0.3, -0.25) is 4.79 Å². The number of aromatic nitrogens is 2. The molecule has 0 saturated heterocycles. The molecule has 0 unspecified atom stereocenters. The van der Waals surface area contributed by atoms with Crippen molar-refractivity contribution in [3.63, 3.8) is 0 Å². The first-order chi connectivity index (χ1) is 6.56. The van der Waals surface area contributed by atoms with E-state index in [4.69, 9.17) is 4.74 Å². The Kier molecular flexibility index (Phi) is 3.01. The van der Waals surface area contributed by atoms with Crippen LogP contribution >= 0.6 is 0 Å². The van der Waals surface area contributed by atoms with Crippen LogP contribution in [0.25, 0.3) is 0 Å². The summed E-state index contributed by atoms with van der Waals surface area (Å²) >= 11 is 0. The normalized spacial score (nSPS) is 9.93. The minimum Gasteiger partial charge on any atom is -0.461 e. The van der Waals surface area contributed by atoms with E-state index in [2.05, 4.69) is 5.10 Å². The van der Waals surface area contributed by atoms with Gasteiger partial charge < -0.3 is 4.74 Å². The smallest absolute Gasteiger partial charge is 0.358 e. The Morgan fingerprint density at radius 3 is 2.79 bits per heavy atom. The van der Waals surface area contributed by atoms with Crippen LogP contribution in [0.1, 0.15) is 23.0 Å². The third kappa shape index (κ3) is 1.99. The zero-order valence-electron chi connectivity index (χ0n) is 8.40. The van der Waals surface area contributed by atoms with Gasteiger partial charge in [0, 0.05) is 12.6 Å². The number of rotatable bonds is 2. The second-order valence-corrected chi connectivity index (χ2v) is 2.86. The largest absolute Gasteiger partial charge is 0.461 e. The van der Waals surface area contributed by atoms with Crippen molar-refractivity contribution in [2.45, 2.75) is 13.8 Å². The van der Waals surface area contributed by atoms with Crippen LogP contribution in [0, 0.1) is 6.92 Å². The van der Waals surface area contributed by atoms with Crippen LogP contribution in [0.2, 0.25) is 0 Å². The number of carbonyl (C=O) groups is 1. The predicted molar refractivity (Wildman–Crippen MR) is 50.2 cm³/mol. The molecule has 0 aliphatic carbocycles. The van der Waals surface area contributed by atoms with Crippen LogP contribution in [0.4, 0.5) is 0 Å². The molecule has 5 heteroatoms. The van der Waals surface area contributed by atoms with Gasteiger partial charge in [0.15, 0.2) is 5.69 Å². The van der Waals surface area contributed by atoms with Crippen LogP contribution in [0.5, 0.6) is 0 Å². The number of hydrogen-bond donors (Lipinski definition) is 0. The lowest BCUT2D eigenvalue weighted by molar-refractivity contribution is 0.0516. The SMILES string of the molecule is CCOC(=O)c1cc(C)c(=O)n(C)n1. The Labute approximate surface area is 81.3 Å². The maximum absolute atomic E-state index is 11.3. The molecule has 0 bridgehead atoms. The Balaban J connectivity index is 3.13. The number of carbonyl (C=O) groups excluding carboxylic acids is 1. The van der Waals surface area contributed by atoms with Crippen molar-refractivity contribution in [2.75, 3.05) is 6.61 Å². The zero-order valence-corrected chi connectivity index (χ0v) is 8.40. The minimum atomic E-state index is -0.508. The first-order valence-corrected chi connectivity index (χ1v) is 4.28. The van der Waals surface area contributed by atoms with Crippen LogP contribution in [-0.4, -0.2) is 22.4 Å². The molecule has 1 aromatic heterocycles. The van der Waals surface area contributed by atoms with Crippen molar-refractivity contribution >= 4 is 5.97 Å². The van der Waals surface area contributed by atoms with E-state index in [1.54, 1.807) is 13.8 Å². The maximum Gasteiger partial charge on any atom is 0.358 e. The molecule has 1 heterocycles. The summed E-state index contributed by atoms with van der Waals surface area (Å²) in [7, 11) is 1.50. The summed E-state index contributed by atoms with van der Waals surface area (Å²) in [6.45, 7) is 3.64. The molecular weight excluding hydrogens is 184 g/mol. The molecule has 0 atom stereocenters. The topological polar surface area (TPSA) is 61.2 Å². The lowest BCUT2D eigenvalue weighted by Crippen LogP contribution is -2.25. The Morgan fingerprint density at radius 2 is 2.29 bits per heavy atom. The van der Waals surface area contributed by atoms with E-state index in [1.807, 2.05) is 0 Å². The molecule has 14 heavy (non-hydrogen) atoms. The standard InChI is InChI=1S/C9H12N2O3/c1-4-14-9(13)7-5-6(2)8(12)11(3)10-7/h5H,4H2,1-3H3. The molecule has 1 aromatic rings. The summed E-state index contributed by atoms with van der Waals surface area (Å²) in [5.41, 5.74) is 0.426. The number of esters is 1.